The number of carbonyl (C=O) groups excluding carboxylic acids is 1. The Hall–Kier alpha value is -2.21. The molecule has 2 aliphatic rings. The SMILES string of the molecule is CS(=O)(=O)c1ccc(C2(C(=O)Nc3nncs3)CC2C2CCCCC2)cc1OC(F)(F)F. The number of nitrogens with zero attached hydrogens (tertiary/aromatic N) is 2. The Balaban J connectivity index is 1.75. The van der Waals surface area contributed by atoms with Crippen molar-refractivity contribution in [2.45, 2.75) is 55.2 Å². The van der Waals surface area contributed by atoms with Crippen LogP contribution in [0.5, 0.6) is 5.75 Å². The van der Waals surface area contributed by atoms with Crippen molar-refractivity contribution in [2.75, 3.05) is 11.6 Å². The maximum atomic E-state index is 13.4. The average Bonchev–Trinajstić information content (AvgIpc) is 3.28. The quantitative estimate of drug-likeness (QED) is 0.649. The van der Waals surface area contributed by atoms with Crippen LogP contribution in [0.2, 0.25) is 0 Å². The number of hydrogen-bond acceptors (Lipinski definition) is 7. The smallest absolute Gasteiger partial charge is 0.404 e. The van der Waals surface area contributed by atoms with E-state index in [4.69, 9.17) is 0 Å². The highest BCUT2D eigenvalue weighted by molar-refractivity contribution is 7.90. The Labute approximate surface area is 187 Å². The zero-order chi connectivity index (χ0) is 23.1. The Morgan fingerprint density at radius 1 is 1.25 bits per heavy atom. The predicted molar refractivity (Wildman–Crippen MR) is 111 cm³/mol. The van der Waals surface area contributed by atoms with Gasteiger partial charge in [-0.25, -0.2) is 8.42 Å². The molecule has 1 aromatic heterocycles. The van der Waals surface area contributed by atoms with Crippen LogP contribution in [0.4, 0.5) is 18.3 Å². The molecule has 1 N–H and O–H groups in total. The summed E-state index contributed by atoms with van der Waals surface area (Å²) in [7, 11) is -3.99. The molecule has 0 bridgehead atoms. The number of alkyl halides is 3. The van der Waals surface area contributed by atoms with Crippen molar-refractivity contribution < 1.29 is 31.1 Å². The largest absolute Gasteiger partial charge is 0.573 e. The fourth-order valence-electron chi connectivity index (χ4n) is 4.85. The fraction of sp³-hybridized carbons (Fsp3) is 0.550. The molecule has 1 heterocycles. The van der Waals surface area contributed by atoms with E-state index in [9.17, 15) is 26.4 Å². The second-order valence-corrected chi connectivity index (χ2v) is 11.2. The minimum atomic E-state index is -5.08. The van der Waals surface area contributed by atoms with Gasteiger partial charge in [0.25, 0.3) is 0 Å². The normalized spacial score (nSPS) is 24.2. The lowest BCUT2D eigenvalue weighted by Crippen LogP contribution is -2.32. The summed E-state index contributed by atoms with van der Waals surface area (Å²) in [5.41, 5.74) is 0.693. The van der Waals surface area contributed by atoms with Crippen molar-refractivity contribution in [1.82, 2.24) is 10.2 Å². The van der Waals surface area contributed by atoms with Crippen molar-refractivity contribution >= 4 is 32.2 Å². The van der Waals surface area contributed by atoms with E-state index in [1.165, 1.54) is 11.6 Å². The molecule has 1 aromatic carbocycles. The van der Waals surface area contributed by atoms with Crippen LogP contribution in [-0.4, -0.2) is 37.1 Å². The van der Waals surface area contributed by atoms with E-state index in [0.29, 0.717) is 17.1 Å². The number of sulfone groups is 1. The van der Waals surface area contributed by atoms with Gasteiger partial charge in [0, 0.05) is 6.26 Å². The van der Waals surface area contributed by atoms with Crippen LogP contribution in [0.1, 0.15) is 44.1 Å². The van der Waals surface area contributed by atoms with E-state index in [1.807, 2.05) is 0 Å². The van der Waals surface area contributed by atoms with Gasteiger partial charge in [0.2, 0.25) is 11.0 Å². The predicted octanol–water partition coefficient (Wildman–Crippen LogP) is 4.32. The van der Waals surface area contributed by atoms with Crippen molar-refractivity contribution in [3.05, 3.63) is 29.3 Å². The molecule has 0 radical (unpaired) electrons. The summed E-state index contributed by atoms with van der Waals surface area (Å²) in [6.07, 6.45) is 1.32. The van der Waals surface area contributed by atoms with E-state index >= 15 is 0 Å². The lowest BCUT2D eigenvalue weighted by molar-refractivity contribution is -0.275. The molecule has 12 heteroatoms. The van der Waals surface area contributed by atoms with Crippen LogP contribution in [0.3, 0.4) is 0 Å². The number of aromatic nitrogens is 2. The monoisotopic (exact) mass is 489 g/mol. The summed E-state index contributed by atoms with van der Waals surface area (Å²) in [5, 5.41) is 10.5. The molecule has 2 fully saturated rings. The van der Waals surface area contributed by atoms with Gasteiger partial charge in [-0.05, 0) is 36.0 Å². The first-order chi connectivity index (χ1) is 15.0. The van der Waals surface area contributed by atoms with E-state index in [-0.39, 0.29) is 17.7 Å². The van der Waals surface area contributed by atoms with Crippen LogP contribution in [0, 0.1) is 11.8 Å². The lowest BCUT2D eigenvalue weighted by atomic mass is 9.80. The Bertz CT molecular complexity index is 1100. The number of anilines is 1. The molecule has 0 spiro atoms. The highest BCUT2D eigenvalue weighted by Gasteiger charge is 2.63. The van der Waals surface area contributed by atoms with Crippen molar-refractivity contribution in [1.29, 1.82) is 0 Å². The number of nitrogens with one attached hydrogen (secondary N) is 1. The van der Waals surface area contributed by atoms with Crippen LogP contribution in [0.25, 0.3) is 0 Å². The maximum absolute atomic E-state index is 13.4. The minimum Gasteiger partial charge on any atom is -0.404 e. The number of hydrogen-bond donors (Lipinski definition) is 1. The van der Waals surface area contributed by atoms with Crippen LogP contribution < -0.4 is 10.1 Å². The van der Waals surface area contributed by atoms with Crippen molar-refractivity contribution in [2.24, 2.45) is 11.8 Å². The van der Waals surface area contributed by atoms with Crippen molar-refractivity contribution in [3.63, 3.8) is 0 Å². The first kappa shape index (κ1) is 23.0. The van der Waals surface area contributed by atoms with Gasteiger partial charge in [-0.2, -0.15) is 0 Å². The van der Waals surface area contributed by atoms with E-state index in [2.05, 4.69) is 20.3 Å². The second kappa shape index (κ2) is 8.29. The van der Waals surface area contributed by atoms with Gasteiger partial charge in [-0.3, -0.25) is 10.1 Å². The molecule has 1 amide bonds. The molecule has 2 atom stereocenters. The first-order valence-electron chi connectivity index (χ1n) is 10.2. The molecule has 2 unspecified atom stereocenters. The Kier molecular flexibility index (Phi) is 5.95. The van der Waals surface area contributed by atoms with Gasteiger partial charge < -0.3 is 4.74 Å². The molecule has 174 valence electrons. The molecule has 2 aliphatic carbocycles. The van der Waals surface area contributed by atoms with Gasteiger partial charge in [0.1, 0.15) is 16.2 Å². The van der Waals surface area contributed by atoms with E-state index < -0.39 is 32.3 Å². The fourth-order valence-corrected chi connectivity index (χ4v) is 6.07. The standard InChI is InChI=1S/C20H22F3N3O4S2/c1-32(28,29)16-8-7-13(9-15(16)30-20(21,22)23)19(17(27)25-18-26-24-11-31-18)10-14(19)12-5-3-2-4-6-12/h7-9,11-12,14H,2-6,10H2,1H3,(H,25,26,27). The molecule has 0 aliphatic heterocycles. The van der Waals surface area contributed by atoms with Crippen molar-refractivity contribution in [3.8, 4) is 5.75 Å². The molecule has 32 heavy (non-hydrogen) atoms. The summed E-state index contributed by atoms with van der Waals surface area (Å²) in [5.74, 6) is -0.992. The van der Waals surface area contributed by atoms with E-state index in [1.54, 1.807) is 0 Å². The van der Waals surface area contributed by atoms with Gasteiger partial charge in [0.15, 0.2) is 9.84 Å². The summed E-state index contributed by atoms with van der Waals surface area (Å²) >= 11 is 1.14. The molecule has 7 nitrogen and oxygen atoms in total. The maximum Gasteiger partial charge on any atom is 0.573 e. The highest BCUT2D eigenvalue weighted by Crippen LogP contribution is 2.61. The van der Waals surface area contributed by atoms with E-state index in [0.717, 1.165) is 61.8 Å². The van der Waals surface area contributed by atoms with Crippen LogP contribution >= 0.6 is 11.3 Å². The summed E-state index contributed by atoms with van der Waals surface area (Å²) in [6.45, 7) is 0. The highest BCUT2D eigenvalue weighted by atomic mass is 32.2. The summed E-state index contributed by atoms with van der Waals surface area (Å²) in [6, 6.07) is 3.55. The first-order valence-corrected chi connectivity index (χ1v) is 13.0. The number of amides is 1. The molecule has 4 rings (SSSR count). The number of halogens is 3. The van der Waals surface area contributed by atoms with Gasteiger partial charge >= 0.3 is 6.36 Å². The number of rotatable bonds is 6. The van der Waals surface area contributed by atoms with Gasteiger partial charge in [0.05, 0.1) is 5.41 Å². The average molecular weight is 490 g/mol. The Morgan fingerprint density at radius 2 is 1.97 bits per heavy atom. The zero-order valence-electron chi connectivity index (χ0n) is 17.2. The Morgan fingerprint density at radius 3 is 2.56 bits per heavy atom. The molecule has 0 saturated heterocycles. The number of benzene rings is 1. The summed E-state index contributed by atoms with van der Waals surface area (Å²) in [4.78, 5) is 12.8. The van der Waals surface area contributed by atoms with Crippen LogP contribution in [-0.2, 0) is 20.0 Å². The third-order valence-electron chi connectivity index (χ3n) is 6.30. The van der Waals surface area contributed by atoms with Gasteiger partial charge in [-0.15, -0.1) is 23.4 Å². The third-order valence-corrected chi connectivity index (χ3v) is 8.05. The topological polar surface area (TPSA) is 98.2 Å². The number of carbonyl (C=O) groups is 1. The molecule has 2 aromatic rings. The minimum absolute atomic E-state index is 0.0569. The second-order valence-electron chi connectivity index (χ2n) is 8.36. The molecular formula is C20H22F3N3O4S2. The summed E-state index contributed by atoms with van der Waals surface area (Å²) < 4.78 is 67.2. The lowest BCUT2D eigenvalue weighted by Gasteiger charge is -2.26. The van der Waals surface area contributed by atoms with Gasteiger partial charge in [-0.1, -0.05) is 49.5 Å². The third kappa shape index (κ3) is 4.61. The zero-order valence-corrected chi connectivity index (χ0v) is 18.8. The number of ether oxygens (including phenoxy) is 1. The molecule has 2 saturated carbocycles. The van der Waals surface area contributed by atoms with Crippen LogP contribution in [0.15, 0.2) is 28.6 Å². The molecular weight excluding hydrogens is 467 g/mol.